The minimum absolute atomic E-state index is 0.145. The van der Waals surface area contributed by atoms with Crippen LogP contribution in [0, 0.1) is 5.82 Å². The molecule has 0 bridgehead atoms. The van der Waals surface area contributed by atoms with Gasteiger partial charge in [0, 0.05) is 13.5 Å². The molecule has 80 valence electrons. The molecule has 1 heterocycles. The van der Waals surface area contributed by atoms with Gasteiger partial charge in [-0.05, 0) is 17.7 Å². The molecule has 1 fully saturated rings. The van der Waals surface area contributed by atoms with E-state index in [1.807, 2.05) is 0 Å². The molecule has 2 atom stereocenters. The highest BCUT2D eigenvalue weighted by atomic mass is 19.1. The predicted octanol–water partition coefficient (Wildman–Crippen LogP) is 1.09. The molecule has 4 heteroatoms. The van der Waals surface area contributed by atoms with Crippen molar-refractivity contribution in [1.29, 1.82) is 0 Å². The summed E-state index contributed by atoms with van der Waals surface area (Å²) in [5, 5.41) is 9.39. The molecule has 1 aliphatic rings. The van der Waals surface area contributed by atoms with E-state index >= 15 is 0 Å². The molecule has 3 nitrogen and oxygen atoms in total. The van der Waals surface area contributed by atoms with Gasteiger partial charge in [0.05, 0.1) is 6.04 Å². The lowest BCUT2D eigenvalue weighted by molar-refractivity contribution is -0.134. The van der Waals surface area contributed by atoms with Crippen LogP contribution in [0.4, 0.5) is 4.39 Å². The maximum Gasteiger partial charge on any atom is 0.251 e. The molecular formula is C11H12FNO2. The van der Waals surface area contributed by atoms with Gasteiger partial charge in [-0.3, -0.25) is 4.79 Å². The molecule has 0 unspecified atom stereocenters. The molecule has 2 rings (SSSR count). The number of likely N-dealkylation sites (N-methyl/N-ethyl adjacent to an activating group) is 1. The number of likely N-dealkylation sites (tertiary alicyclic amines) is 1. The quantitative estimate of drug-likeness (QED) is 0.752. The minimum atomic E-state index is -0.926. The normalized spacial score (nSPS) is 26.1. The first-order chi connectivity index (χ1) is 7.09. The molecule has 0 aromatic heterocycles. The second kappa shape index (κ2) is 3.62. The Balaban J connectivity index is 2.25. The molecule has 1 saturated heterocycles. The second-order valence-electron chi connectivity index (χ2n) is 3.77. The van der Waals surface area contributed by atoms with E-state index in [0.717, 1.165) is 5.56 Å². The Labute approximate surface area is 87.1 Å². The van der Waals surface area contributed by atoms with Gasteiger partial charge in [0.2, 0.25) is 0 Å². The van der Waals surface area contributed by atoms with Crippen LogP contribution in [0.1, 0.15) is 18.0 Å². The maximum atomic E-state index is 12.7. The van der Waals surface area contributed by atoms with Crippen molar-refractivity contribution in [2.75, 3.05) is 7.05 Å². The summed E-state index contributed by atoms with van der Waals surface area (Å²) in [6, 6.07) is 5.86. The summed E-state index contributed by atoms with van der Waals surface area (Å²) in [7, 11) is 1.65. The van der Waals surface area contributed by atoms with E-state index in [1.54, 1.807) is 19.2 Å². The molecule has 0 aliphatic carbocycles. The van der Waals surface area contributed by atoms with Gasteiger partial charge in [0.1, 0.15) is 11.9 Å². The van der Waals surface area contributed by atoms with Crippen molar-refractivity contribution < 1.29 is 14.3 Å². The Kier molecular flexibility index (Phi) is 2.44. The zero-order chi connectivity index (χ0) is 11.0. The summed E-state index contributed by atoms with van der Waals surface area (Å²) in [6.45, 7) is 0. The summed E-state index contributed by atoms with van der Waals surface area (Å²) in [4.78, 5) is 12.9. The minimum Gasteiger partial charge on any atom is -0.383 e. The van der Waals surface area contributed by atoms with Gasteiger partial charge in [0.15, 0.2) is 0 Å². The van der Waals surface area contributed by atoms with E-state index < -0.39 is 6.10 Å². The van der Waals surface area contributed by atoms with Gasteiger partial charge >= 0.3 is 0 Å². The highest BCUT2D eigenvalue weighted by molar-refractivity contribution is 5.83. The Morgan fingerprint density at radius 1 is 1.40 bits per heavy atom. The van der Waals surface area contributed by atoms with Gasteiger partial charge in [-0.25, -0.2) is 4.39 Å². The van der Waals surface area contributed by atoms with Crippen molar-refractivity contribution in [1.82, 2.24) is 4.90 Å². The first kappa shape index (κ1) is 10.1. The van der Waals surface area contributed by atoms with Crippen LogP contribution in [0.5, 0.6) is 0 Å². The smallest absolute Gasteiger partial charge is 0.251 e. The summed E-state index contributed by atoms with van der Waals surface area (Å²) in [5.41, 5.74) is 0.851. The number of rotatable bonds is 1. The molecule has 0 spiro atoms. The molecule has 15 heavy (non-hydrogen) atoms. The fourth-order valence-electron chi connectivity index (χ4n) is 1.90. The zero-order valence-corrected chi connectivity index (χ0v) is 8.35. The van der Waals surface area contributed by atoms with E-state index in [0.29, 0.717) is 6.42 Å². The lowest BCUT2D eigenvalue weighted by Gasteiger charge is -2.19. The van der Waals surface area contributed by atoms with E-state index in [1.165, 1.54) is 17.0 Å². The SMILES string of the molecule is CN1C(=O)[C@H](O)C[C@@H]1c1ccc(F)cc1. The summed E-state index contributed by atoms with van der Waals surface area (Å²) < 4.78 is 12.7. The molecule has 1 aromatic carbocycles. The van der Waals surface area contributed by atoms with Crippen LogP contribution in [0.25, 0.3) is 0 Å². The number of amides is 1. The molecule has 0 radical (unpaired) electrons. The molecule has 1 N–H and O–H groups in total. The molecular weight excluding hydrogens is 197 g/mol. The van der Waals surface area contributed by atoms with Crippen LogP contribution in [-0.2, 0) is 4.79 Å². The molecule has 1 amide bonds. The van der Waals surface area contributed by atoms with Gasteiger partial charge in [-0.2, -0.15) is 0 Å². The highest BCUT2D eigenvalue weighted by Crippen LogP contribution is 2.31. The van der Waals surface area contributed by atoms with Crippen molar-refractivity contribution in [3.63, 3.8) is 0 Å². The monoisotopic (exact) mass is 209 g/mol. The van der Waals surface area contributed by atoms with E-state index in [4.69, 9.17) is 0 Å². The average molecular weight is 209 g/mol. The standard InChI is InChI=1S/C11H12FNO2/c1-13-9(6-10(14)11(13)15)7-2-4-8(12)5-3-7/h2-5,9-10,14H,6H2,1H3/t9-,10-/m1/s1. The number of benzene rings is 1. The number of hydrogen-bond donors (Lipinski definition) is 1. The Morgan fingerprint density at radius 3 is 2.47 bits per heavy atom. The lowest BCUT2D eigenvalue weighted by atomic mass is 10.0. The lowest BCUT2D eigenvalue weighted by Crippen LogP contribution is -2.26. The number of carbonyl (C=O) groups is 1. The van der Waals surface area contributed by atoms with Crippen LogP contribution < -0.4 is 0 Å². The molecule has 1 aromatic rings. The zero-order valence-electron chi connectivity index (χ0n) is 8.35. The summed E-state index contributed by atoms with van der Waals surface area (Å²) in [5.74, 6) is -0.574. The Hall–Kier alpha value is -1.42. The van der Waals surface area contributed by atoms with Crippen LogP contribution in [-0.4, -0.2) is 29.1 Å². The van der Waals surface area contributed by atoms with E-state index in [2.05, 4.69) is 0 Å². The van der Waals surface area contributed by atoms with Gasteiger partial charge in [-0.15, -0.1) is 0 Å². The van der Waals surface area contributed by atoms with Gasteiger partial charge in [0.25, 0.3) is 5.91 Å². The van der Waals surface area contributed by atoms with Crippen LogP contribution in [0.2, 0.25) is 0 Å². The van der Waals surface area contributed by atoms with E-state index in [-0.39, 0.29) is 17.8 Å². The van der Waals surface area contributed by atoms with Crippen molar-refractivity contribution in [2.24, 2.45) is 0 Å². The number of aliphatic hydroxyl groups is 1. The first-order valence-electron chi connectivity index (χ1n) is 4.80. The third-order valence-corrected chi connectivity index (χ3v) is 2.80. The van der Waals surface area contributed by atoms with Crippen molar-refractivity contribution in [3.8, 4) is 0 Å². The predicted molar refractivity (Wildman–Crippen MR) is 52.5 cm³/mol. The van der Waals surface area contributed by atoms with Gasteiger partial charge < -0.3 is 10.0 Å². The fourth-order valence-corrected chi connectivity index (χ4v) is 1.90. The number of nitrogens with zero attached hydrogens (tertiary/aromatic N) is 1. The van der Waals surface area contributed by atoms with Crippen molar-refractivity contribution >= 4 is 5.91 Å². The Morgan fingerprint density at radius 2 is 2.00 bits per heavy atom. The third kappa shape index (κ3) is 1.72. The maximum absolute atomic E-state index is 12.7. The van der Waals surface area contributed by atoms with Crippen LogP contribution in [0.3, 0.4) is 0 Å². The van der Waals surface area contributed by atoms with Crippen LogP contribution in [0.15, 0.2) is 24.3 Å². The van der Waals surface area contributed by atoms with Crippen molar-refractivity contribution in [3.05, 3.63) is 35.6 Å². The Bertz CT molecular complexity index is 377. The third-order valence-electron chi connectivity index (χ3n) is 2.80. The fraction of sp³-hybridized carbons (Fsp3) is 0.364. The largest absolute Gasteiger partial charge is 0.383 e. The number of halogens is 1. The van der Waals surface area contributed by atoms with E-state index in [9.17, 15) is 14.3 Å². The average Bonchev–Trinajstić information content (AvgIpc) is 2.47. The first-order valence-corrected chi connectivity index (χ1v) is 4.80. The highest BCUT2D eigenvalue weighted by Gasteiger charge is 2.36. The van der Waals surface area contributed by atoms with Crippen molar-refractivity contribution in [2.45, 2.75) is 18.6 Å². The summed E-state index contributed by atoms with van der Waals surface area (Å²) >= 11 is 0. The second-order valence-corrected chi connectivity index (χ2v) is 3.77. The van der Waals surface area contributed by atoms with Gasteiger partial charge in [-0.1, -0.05) is 12.1 Å². The number of hydrogen-bond acceptors (Lipinski definition) is 2. The summed E-state index contributed by atoms with van der Waals surface area (Å²) in [6.07, 6.45) is -0.550. The molecule has 0 saturated carbocycles. The number of carbonyl (C=O) groups excluding carboxylic acids is 1. The molecule has 1 aliphatic heterocycles. The van der Waals surface area contributed by atoms with Crippen LogP contribution >= 0.6 is 0 Å². The topological polar surface area (TPSA) is 40.5 Å². The number of aliphatic hydroxyl groups excluding tert-OH is 1.